The van der Waals surface area contributed by atoms with Crippen LogP contribution in [0.1, 0.15) is 6.92 Å². The molecule has 1 unspecified atom stereocenters. The average molecular weight is 225 g/mol. The van der Waals surface area contributed by atoms with Crippen molar-refractivity contribution in [2.75, 3.05) is 18.2 Å². The molecule has 0 spiro atoms. The van der Waals surface area contributed by atoms with Gasteiger partial charge >= 0.3 is 5.97 Å². The Kier molecular flexibility index (Phi) is 4.03. The first-order valence-electron chi connectivity index (χ1n) is 4.66. The summed E-state index contributed by atoms with van der Waals surface area (Å²) in [6.07, 6.45) is 2.01. The minimum atomic E-state index is -0.813. The summed E-state index contributed by atoms with van der Waals surface area (Å²) in [5.41, 5.74) is 0.919. The first-order valence-corrected chi connectivity index (χ1v) is 5.88. The van der Waals surface area contributed by atoms with Gasteiger partial charge in [0, 0.05) is 17.6 Å². The van der Waals surface area contributed by atoms with E-state index >= 15 is 0 Å². The largest absolute Gasteiger partial charge is 0.480 e. The van der Waals surface area contributed by atoms with Crippen molar-refractivity contribution in [3.8, 4) is 0 Å². The number of carboxylic acid groups (broad SMARTS) is 1. The molecule has 0 saturated heterocycles. The molecule has 0 radical (unpaired) electrons. The van der Waals surface area contributed by atoms with Crippen LogP contribution in [-0.2, 0) is 4.79 Å². The summed E-state index contributed by atoms with van der Waals surface area (Å²) in [7, 11) is 1.78. The highest BCUT2D eigenvalue weighted by Crippen LogP contribution is 2.20. The van der Waals surface area contributed by atoms with E-state index in [9.17, 15) is 4.79 Å². The van der Waals surface area contributed by atoms with Crippen LogP contribution in [0.25, 0.3) is 0 Å². The Morgan fingerprint density at radius 1 is 1.40 bits per heavy atom. The van der Waals surface area contributed by atoms with Gasteiger partial charge in [-0.2, -0.15) is 0 Å². The smallest absolute Gasteiger partial charge is 0.326 e. The Morgan fingerprint density at radius 3 is 2.33 bits per heavy atom. The number of carboxylic acids is 1. The highest BCUT2D eigenvalue weighted by molar-refractivity contribution is 7.98. The summed E-state index contributed by atoms with van der Waals surface area (Å²) in [4.78, 5) is 13.7. The van der Waals surface area contributed by atoms with Gasteiger partial charge in [-0.15, -0.1) is 11.8 Å². The quantitative estimate of drug-likeness (QED) is 0.798. The van der Waals surface area contributed by atoms with Crippen molar-refractivity contribution in [3.05, 3.63) is 24.3 Å². The van der Waals surface area contributed by atoms with E-state index in [1.807, 2.05) is 30.5 Å². The van der Waals surface area contributed by atoms with Crippen LogP contribution >= 0.6 is 11.8 Å². The summed E-state index contributed by atoms with van der Waals surface area (Å²) in [5.74, 6) is -0.813. The summed E-state index contributed by atoms with van der Waals surface area (Å²) in [6.45, 7) is 1.67. The fourth-order valence-electron chi connectivity index (χ4n) is 1.21. The van der Waals surface area contributed by atoms with Crippen molar-refractivity contribution in [2.45, 2.75) is 17.9 Å². The molecule has 0 aromatic heterocycles. The van der Waals surface area contributed by atoms with Gasteiger partial charge in [0.25, 0.3) is 0 Å². The SMILES string of the molecule is CSc1ccc(N(C)C(C)C(=O)O)cc1. The fourth-order valence-corrected chi connectivity index (χ4v) is 1.61. The number of aliphatic carboxylic acids is 1. The molecule has 0 aliphatic carbocycles. The maximum absolute atomic E-state index is 10.8. The lowest BCUT2D eigenvalue weighted by Gasteiger charge is -2.23. The maximum atomic E-state index is 10.8. The lowest BCUT2D eigenvalue weighted by Crippen LogP contribution is -2.35. The number of thioether (sulfide) groups is 1. The van der Waals surface area contributed by atoms with Crippen molar-refractivity contribution in [1.82, 2.24) is 0 Å². The van der Waals surface area contributed by atoms with Crippen LogP contribution < -0.4 is 4.90 Å². The molecule has 1 N–H and O–H groups in total. The molecule has 1 rings (SSSR count). The molecule has 0 aliphatic heterocycles. The molecular weight excluding hydrogens is 210 g/mol. The van der Waals surface area contributed by atoms with E-state index in [0.717, 1.165) is 5.69 Å². The van der Waals surface area contributed by atoms with Crippen LogP contribution in [0.2, 0.25) is 0 Å². The van der Waals surface area contributed by atoms with Gasteiger partial charge in [-0.1, -0.05) is 0 Å². The number of carbonyl (C=O) groups is 1. The van der Waals surface area contributed by atoms with Crippen LogP contribution in [0.15, 0.2) is 29.2 Å². The molecule has 82 valence electrons. The standard InChI is InChI=1S/C11H15NO2S/c1-8(11(13)14)12(2)9-4-6-10(15-3)7-5-9/h4-8H,1-3H3,(H,13,14). The highest BCUT2D eigenvalue weighted by Gasteiger charge is 2.16. The second-order valence-electron chi connectivity index (χ2n) is 3.32. The molecule has 0 amide bonds. The molecular formula is C11H15NO2S. The number of benzene rings is 1. The Balaban J connectivity index is 2.82. The molecule has 1 aromatic rings. The maximum Gasteiger partial charge on any atom is 0.326 e. The van der Waals surface area contributed by atoms with Gasteiger partial charge in [0.05, 0.1) is 0 Å². The van der Waals surface area contributed by atoms with Crippen molar-refractivity contribution in [3.63, 3.8) is 0 Å². The van der Waals surface area contributed by atoms with Gasteiger partial charge < -0.3 is 10.0 Å². The van der Waals surface area contributed by atoms with Gasteiger partial charge in [0.1, 0.15) is 6.04 Å². The molecule has 1 aromatic carbocycles. The molecule has 15 heavy (non-hydrogen) atoms. The van der Waals surface area contributed by atoms with Gasteiger partial charge in [0.15, 0.2) is 0 Å². The fraction of sp³-hybridized carbons (Fsp3) is 0.364. The summed E-state index contributed by atoms with van der Waals surface area (Å²) in [6, 6.07) is 7.34. The van der Waals surface area contributed by atoms with E-state index in [1.165, 1.54) is 4.90 Å². The van der Waals surface area contributed by atoms with Crippen LogP contribution in [0.4, 0.5) is 5.69 Å². The Bertz CT molecular complexity index is 337. The Morgan fingerprint density at radius 2 is 1.93 bits per heavy atom. The minimum absolute atomic E-state index is 0.509. The van der Waals surface area contributed by atoms with Crippen molar-refractivity contribution in [1.29, 1.82) is 0 Å². The molecule has 0 saturated carbocycles. The van der Waals surface area contributed by atoms with E-state index in [2.05, 4.69) is 0 Å². The third-order valence-corrected chi connectivity index (χ3v) is 3.16. The first kappa shape index (κ1) is 11.9. The third-order valence-electron chi connectivity index (χ3n) is 2.42. The predicted molar refractivity (Wildman–Crippen MR) is 63.7 cm³/mol. The molecule has 0 fully saturated rings. The number of hydrogen-bond donors (Lipinski definition) is 1. The molecule has 3 nitrogen and oxygen atoms in total. The van der Waals surface area contributed by atoms with E-state index in [-0.39, 0.29) is 0 Å². The Hall–Kier alpha value is -1.16. The number of anilines is 1. The van der Waals surface area contributed by atoms with Gasteiger partial charge in [-0.25, -0.2) is 4.79 Å². The van der Waals surface area contributed by atoms with Crippen LogP contribution in [0.3, 0.4) is 0 Å². The van der Waals surface area contributed by atoms with Crippen molar-refractivity contribution in [2.24, 2.45) is 0 Å². The minimum Gasteiger partial charge on any atom is -0.480 e. The summed E-state index contributed by atoms with van der Waals surface area (Å²) < 4.78 is 0. The van der Waals surface area contributed by atoms with E-state index < -0.39 is 12.0 Å². The van der Waals surface area contributed by atoms with Crippen LogP contribution in [0.5, 0.6) is 0 Å². The van der Waals surface area contributed by atoms with Crippen molar-refractivity contribution >= 4 is 23.4 Å². The molecule has 0 bridgehead atoms. The zero-order valence-electron chi connectivity index (χ0n) is 9.10. The lowest BCUT2D eigenvalue weighted by atomic mass is 10.2. The number of nitrogens with zero attached hydrogens (tertiary/aromatic N) is 1. The first-order chi connectivity index (χ1) is 7.06. The second-order valence-corrected chi connectivity index (χ2v) is 4.20. The summed E-state index contributed by atoms with van der Waals surface area (Å²) >= 11 is 1.67. The monoisotopic (exact) mass is 225 g/mol. The lowest BCUT2D eigenvalue weighted by molar-refractivity contribution is -0.138. The molecule has 0 heterocycles. The third kappa shape index (κ3) is 2.89. The number of hydrogen-bond acceptors (Lipinski definition) is 3. The van der Waals surface area contributed by atoms with Gasteiger partial charge in [-0.3, -0.25) is 0 Å². The van der Waals surface area contributed by atoms with E-state index in [1.54, 1.807) is 30.6 Å². The molecule has 1 atom stereocenters. The Labute approximate surface area is 94.1 Å². The van der Waals surface area contributed by atoms with E-state index in [0.29, 0.717) is 0 Å². The topological polar surface area (TPSA) is 40.5 Å². The average Bonchev–Trinajstić information content (AvgIpc) is 2.27. The molecule has 0 aliphatic rings. The number of rotatable bonds is 4. The molecule has 4 heteroatoms. The van der Waals surface area contributed by atoms with Crippen LogP contribution in [0, 0.1) is 0 Å². The predicted octanol–water partition coefficient (Wildman–Crippen LogP) is 2.32. The van der Waals surface area contributed by atoms with Gasteiger partial charge in [0.2, 0.25) is 0 Å². The van der Waals surface area contributed by atoms with E-state index in [4.69, 9.17) is 5.11 Å². The zero-order valence-corrected chi connectivity index (χ0v) is 9.91. The normalized spacial score (nSPS) is 12.2. The van der Waals surface area contributed by atoms with Gasteiger partial charge in [-0.05, 0) is 37.4 Å². The van der Waals surface area contributed by atoms with Crippen LogP contribution in [-0.4, -0.2) is 30.4 Å². The number of likely N-dealkylation sites (N-methyl/N-ethyl adjacent to an activating group) is 1. The second kappa shape index (κ2) is 5.07. The zero-order chi connectivity index (χ0) is 11.4. The van der Waals surface area contributed by atoms with Crippen molar-refractivity contribution < 1.29 is 9.90 Å². The summed E-state index contributed by atoms with van der Waals surface area (Å²) in [5, 5.41) is 8.87. The highest BCUT2D eigenvalue weighted by atomic mass is 32.2.